The minimum atomic E-state index is 0. The second kappa shape index (κ2) is 6.52. The number of hydrogen-bond acceptors (Lipinski definition) is 3. The van der Waals surface area contributed by atoms with Gasteiger partial charge in [-0.1, -0.05) is 0 Å². The van der Waals surface area contributed by atoms with Crippen LogP contribution in [0.3, 0.4) is 0 Å². The highest BCUT2D eigenvalue weighted by Crippen LogP contribution is 2.32. The first-order valence-corrected chi connectivity index (χ1v) is 7.48. The Hall–Kier alpha value is 0.380. The fourth-order valence-electron chi connectivity index (χ4n) is 1.76. The quantitative estimate of drug-likeness (QED) is 0.781. The highest BCUT2D eigenvalue weighted by molar-refractivity contribution is 9.12. The van der Waals surface area contributed by atoms with Crippen LogP contribution in [0.1, 0.15) is 23.2 Å². The maximum atomic E-state index is 12.2. The van der Waals surface area contributed by atoms with Gasteiger partial charge in [-0.3, -0.25) is 4.79 Å². The van der Waals surface area contributed by atoms with Gasteiger partial charge < -0.3 is 10.6 Å². The van der Waals surface area contributed by atoms with Crippen LogP contribution < -0.4 is 5.73 Å². The number of amides is 1. The maximum Gasteiger partial charge on any atom is 0.255 e. The smallest absolute Gasteiger partial charge is 0.255 e. The van der Waals surface area contributed by atoms with Gasteiger partial charge in [0.25, 0.3) is 5.91 Å². The molecule has 1 saturated heterocycles. The Morgan fingerprint density at radius 2 is 2.00 bits per heavy atom. The summed E-state index contributed by atoms with van der Waals surface area (Å²) in [5.74, 6) is 0.0979. The summed E-state index contributed by atoms with van der Waals surface area (Å²) in [6.45, 7) is 1.53. The van der Waals surface area contributed by atoms with Gasteiger partial charge in [-0.25, -0.2) is 0 Å². The molecule has 2 heterocycles. The molecule has 0 aliphatic carbocycles. The second-order valence-corrected chi connectivity index (χ2v) is 7.62. The number of piperidine rings is 1. The van der Waals surface area contributed by atoms with Gasteiger partial charge in [0.15, 0.2) is 0 Å². The van der Waals surface area contributed by atoms with Crippen molar-refractivity contribution in [3.8, 4) is 0 Å². The number of carbonyl (C=O) groups is 1. The van der Waals surface area contributed by atoms with Gasteiger partial charge in [0.2, 0.25) is 0 Å². The van der Waals surface area contributed by atoms with E-state index in [0.29, 0.717) is 0 Å². The summed E-state index contributed by atoms with van der Waals surface area (Å²) in [7, 11) is 0. The third kappa shape index (κ3) is 3.67. The van der Waals surface area contributed by atoms with Gasteiger partial charge >= 0.3 is 0 Å². The number of nitrogens with zero attached hydrogens (tertiary/aromatic N) is 1. The van der Waals surface area contributed by atoms with Crippen molar-refractivity contribution in [1.82, 2.24) is 4.90 Å². The van der Waals surface area contributed by atoms with Crippen LogP contribution in [-0.4, -0.2) is 29.9 Å². The molecule has 0 radical (unpaired) electrons. The zero-order valence-electron chi connectivity index (χ0n) is 8.99. The van der Waals surface area contributed by atoms with E-state index in [-0.39, 0.29) is 24.4 Å². The highest BCUT2D eigenvalue weighted by atomic mass is 79.9. The number of nitrogens with two attached hydrogens (primary N) is 1. The van der Waals surface area contributed by atoms with Crippen LogP contribution >= 0.6 is 55.6 Å². The van der Waals surface area contributed by atoms with Gasteiger partial charge in [-0.2, -0.15) is 0 Å². The molecule has 17 heavy (non-hydrogen) atoms. The van der Waals surface area contributed by atoms with Gasteiger partial charge in [0.1, 0.15) is 0 Å². The summed E-state index contributed by atoms with van der Waals surface area (Å²) < 4.78 is 1.86. The summed E-state index contributed by atoms with van der Waals surface area (Å²) in [5, 5.41) is 0. The predicted molar refractivity (Wildman–Crippen MR) is 80.1 cm³/mol. The molecule has 96 valence electrons. The molecule has 0 bridgehead atoms. The zero-order valence-corrected chi connectivity index (χ0v) is 13.8. The summed E-state index contributed by atoms with van der Waals surface area (Å²) in [6, 6.07) is 2.12. The molecule has 1 fully saturated rings. The van der Waals surface area contributed by atoms with E-state index in [9.17, 15) is 4.79 Å². The fourth-order valence-corrected chi connectivity index (χ4v) is 4.54. The molecule has 1 aliphatic heterocycles. The molecular weight excluding hydrogens is 391 g/mol. The molecule has 2 rings (SSSR count). The molecule has 3 nitrogen and oxygen atoms in total. The first-order chi connectivity index (χ1) is 7.58. The lowest BCUT2D eigenvalue weighted by molar-refractivity contribution is 0.0714. The van der Waals surface area contributed by atoms with Crippen LogP contribution in [0.5, 0.6) is 0 Å². The lowest BCUT2D eigenvalue weighted by atomic mass is 10.1. The van der Waals surface area contributed by atoms with Gasteiger partial charge in [-0.15, -0.1) is 23.7 Å². The Morgan fingerprint density at radius 3 is 2.47 bits per heavy atom. The van der Waals surface area contributed by atoms with Gasteiger partial charge in [0, 0.05) is 19.1 Å². The molecule has 7 heteroatoms. The van der Waals surface area contributed by atoms with E-state index in [2.05, 4.69) is 31.9 Å². The Kier molecular flexibility index (Phi) is 5.92. The topological polar surface area (TPSA) is 46.3 Å². The molecule has 0 saturated carbocycles. The molecule has 1 aromatic heterocycles. The highest BCUT2D eigenvalue weighted by Gasteiger charge is 2.24. The predicted octanol–water partition coefficient (Wildman–Crippen LogP) is 3.26. The molecular formula is C10H13Br2ClN2OS. The van der Waals surface area contributed by atoms with Crippen LogP contribution in [-0.2, 0) is 0 Å². The average Bonchev–Trinajstić information content (AvgIpc) is 2.58. The standard InChI is InChI=1S/C10H12Br2N2OS.ClH/c11-8-5-7(9(12)16-8)10(15)14-3-1-6(13)2-4-14;/h5-6H,1-4,13H2;1H. The number of likely N-dealkylation sites (tertiary alicyclic amines) is 1. The number of halogens is 3. The normalized spacial score (nSPS) is 16.8. The van der Waals surface area contributed by atoms with Crippen molar-refractivity contribution >= 4 is 61.5 Å². The Bertz CT molecular complexity index is 405. The monoisotopic (exact) mass is 402 g/mol. The minimum Gasteiger partial charge on any atom is -0.338 e. The Balaban J connectivity index is 0.00000144. The summed E-state index contributed by atoms with van der Waals surface area (Å²) in [5.41, 5.74) is 6.56. The summed E-state index contributed by atoms with van der Waals surface area (Å²) in [6.07, 6.45) is 1.79. The average molecular weight is 405 g/mol. The summed E-state index contributed by atoms with van der Waals surface area (Å²) >= 11 is 8.32. The minimum absolute atomic E-state index is 0. The zero-order chi connectivity index (χ0) is 11.7. The van der Waals surface area contributed by atoms with Crippen molar-refractivity contribution in [2.45, 2.75) is 18.9 Å². The molecule has 0 atom stereocenters. The first-order valence-electron chi connectivity index (χ1n) is 5.07. The maximum absolute atomic E-state index is 12.2. The molecule has 0 unspecified atom stereocenters. The third-order valence-electron chi connectivity index (χ3n) is 2.71. The largest absolute Gasteiger partial charge is 0.338 e. The molecule has 0 spiro atoms. The Morgan fingerprint density at radius 1 is 1.41 bits per heavy atom. The van der Waals surface area contributed by atoms with Crippen LogP contribution in [0.2, 0.25) is 0 Å². The number of hydrogen-bond donors (Lipinski definition) is 1. The van der Waals surface area contributed by atoms with E-state index >= 15 is 0 Å². The van der Waals surface area contributed by atoms with Gasteiger partial charge in [0.05, 0.1) is 13.1 Å². The van der Waals surface area contributed by atoms with E-state index in [1.807, 2.05) is 11.0 Å². The lowest BCUT2D eigenvalue weighted by Crippen LogP contribution is -2.42. The van der Waals surface area contributed by atoms with Crippen LogP contribution in [0.4, 0.5) is 0 Å². The van der Waals surface area contributed by atoms with E-state index in [1.54, 1.807) is 0 Å². The molecule has 2 N–H and O–H groups in total. The molecule has 1 aromatic rings. The second-order valence-electron chi connectivity index (χ2n) is 3.87. The lowest BCUT2D eigenvalue weighted by Gasteiger charge is -2.30. The van der Waals surface area contributed by atoms with Crippen molar-refractivity contribution in [2.24, 2.45) is 5.73 Å². The third-order valence-corrected chi connectivity index (χ3v) is 5.05. The van der Waals surface area contributed by atoms with E-state index in [0.717, 1.165) is 39.1 Å². The van der Waals surface area contributed by atoms with Crippen molar-refractivity contribution in [3.63, 3.8) is 0 Å². The van der Waals surface area contributed by atoms with Crippen LogP contribution in [0, 0.1) is 0 Å². The number of carbonyl (C=O) groups excluding carboxylic acids is 1. The van der Waals surface area contributed by atoms with Crippen LogP contribution in [0.15, 0.2) is 13.6 Å². The van der Waals surface area contributed by atoms with E-state index < -0.39 is 0 Å². The number of thiophene rings is 1. The van der Waals surface area contributed by atoms with E-state index in [1.165, 1.54) is 11.3 Å². The van der Waals surface area contributed by atoms with Crippen molar-refractivity contribution in [1.29, 1.82) is 0 Å². The van der Waals surface area contributed by atoms with Crippen molar-refractivity contribution < 1.29 is 4.79 Å². The van der Waals surface area contributed by atoms with Crippen molar-refractivity contribution in [2.75, 3.05) is 13.1 Å². The molecule has 1 aliphatic rings. The number of rotatable bonds is 1. The van der Waals surface area contributed by atoms with Gasteiger partial charge in [-0.05, 0) is 50.8 Å². The molecule has 1 amide bonds. The fraction of sp³-hybridized carbons (Fsp3) is 0.500. The van der Waals surface area contributed by atoms with Crippen LogP contribution in [0.25, 0.3) is 0 Å². The SMILES string of the molecule is Cl.NC1CCN(C(=O)c2cc(Br)sc2Br)CC1. The molecule has 0 aromatic carbocycles. The van der Waals surface area contributed by atoms with Crippen molar-refractivity contribution in [3.05, 3.63) is 19.2 Å². The Labute approximate surface area is 127 Å². The summed E-state index contributed by atoms with van der Waals surface area (Å²) in [4.78, 5) is 14.1. The first kappa shape index (κ1) is 15.4. The van der Waals surface area contributed by atoms with E-state index in [4.69, 9.17) is 5.73 Å².